The van der Waals surface area contributed by atoms with Crippen LogP contribution in [0, 0.1) is 6.92 Å². The lowest BCUT2D eigenvalue weighted by molar-refractivity contribution is -0.112. The fourth-order valence-corrected chi connectivity index (χ4v) is 2.79. The predicted molar refractivity (Wildman–Crippen MR) is 103 cm³/mol. The number of hydrogen-bond donors (Lipinski definition) is 2. The van der Waals surface area contributed by atoms with Crippen LogP contribution in [-0.4, -0.2) is 33.4 Å². The number of anilines is 1. The van der Waals surface area contributed by atoms with Gasteiger partial charge in [0.05, 0.1) is 23.3 Å². The van der Waals surface area contributed by atoms with Crippen molar-refractivity contribution in [2.24, 2.45) is 0 Å². The maximum absolute atomic E-state index is 12.3. The van der Waals surface area contributed by atoms with E-state index >= 15 is 0 Å². The Hall–Kier alpha value is -3.48. The third-order valence-electron chi connectivity index (χ3n) is 4.19. The quantitative estimate of drug-likeness (QED) is 0.532. The highest BCUT2D eigenvalue weighted by atomic mass is 16.5. The number of nitrogens with one attached hydrogen (secondary N) is 2. The van der Waals surface area contributed by atoms with Gasteiger partial charge in [0.15, 0.2) is 0 Å². The summed E-state index contributed by atoms with van der Waals surface area (Å²) < 4.78 is 5.14. The van der Waals surface area contributed by atoms with Gasteiger partial charge in [0.1, 0.15) is 12.0 Å². The molecule has 7 heteroatoms. The first-order valence-electron chi connectivity index (χ1n) is 8.50. The first-order chi connectivity index (χ1) is 12.9. The van der Waals surface area contributed by atoms with Crippen molar-refractivity contribution in [3.05, 3.63) is 54.0 Å². The standard InChI is InChI=1S/C20H20N4O3/c1-5-27-20(26)14-9-21-18-16(14)17(22-10-23-18)13-7-6-8-15(12(13)4)24-19(25)11(2)3/h6-10H,2,5H2,1,3-4H3,(H,24,25)(H,21,22,23). The highest BCUT2D eigenvalue weighted by molar-refractivity contribution is 6.09. The summed E-state index contributed by atoms with van der Waals surface area (Å²) in [6, 6.07) is 5.51. The Labute approximate surface area is 156 Å². The number of hydrogen-bond acceptors (Lipinski definition) is 5. The zero-order valence-electron chi connectivity index (χ0n) is 15.4. The maximum atomic E-state index is 12.3. The summed E-state index contributed by atoms with van der Waals surface area (Å²) in [6.45, 7) is 9.21. The van der Waals surface area contributed by atoms with Crippen molar-refractivity contribution in [2.75, 3.05) is 11.9 Å². The minimum Gasteiger partial charge on any atom is -0.462 e. The summed E-state index contributed by atoms with van der Waals surface area (Å²) in [7, 11) is 0. The zero-order valence-corrected chi connectivity index (χ0v) is 15.4. The molecule has 138 valence electrons. The smallest absolute Gasteiger partial charge is 0.340 e. The molecule has 0 atom stereocenters. The maximum Gasteiger partial charge on any atom is 0.340 e. The molecule has 0 aliphatic carbocycles. The number of esters is 1. The molecular weight excluding hydrogens is 344 g/mol. The predicted octanol–water partition coefficient (Wildman–Crippen LogP) is 3.62. The van der Waals surface area contributed by atoms with Gasteiger partial charge in [-0.3, -0.25) is 4.79 Å². The normalized spacial score (nSPS) is 10.6. The molecule has 0 unspecified atom stereocenters. The van der Waals surface area contributed by atoms with Gasteiger partial charge in [0, 0.05) is 23.0 Å². The molecule has 27 heavy (non-hydrogen) atoms. The summed E-state index contributed by atoms with van der Waals surface area (Å²) in [5.74, 6) is -0.693. The fraction of sp³-hybridized carbons (Fsp3) is 0.200. The second-order valence-electron chi connectivity index (χ2n) is 6.08. The van der Waals surface area contributed by atoms with Crippen LogP contribution in [0.1, 0.15) is 29.8 Å². The third-order valence-corrected chi connectivity index (χ3v) is 4.19. The van der Waals surface area contributed by atoms with E-state index in [1.54, 1.807) is 26.1 Å². The summed E-state index contributed by atoms with van der Waals surface area (Å²) in [4.78, 5) is 35.9. The van der Waals surface area contributed by atoms with Crippen LogP contribution in [0.15, 0.2) is 42.9 Å². The van der Waals surface area contributed by atoms with Gasteiger partial charge in [-0.25, -0.2) is 14.8 Å². The number of carbonyl (C=O) groups is 2. The van der Waals surface area contributed by atoms with Crippen LogP contribution in [0.3, 0.4) is 0 Å². The van der Waals surface area contributed by atoms with E-state index in [9.17, 15) is 9.59 Å². The highest BCUT2D eigenvalue weighted by Gasteiger charge is 2.20. The Kier molecular flexibility index (Phi) is 5.03. The molecular formula is C20H20N4O3. The second-order valence-corrected chi connectivity index (χ2v) is 6.08. The molecule has 2 aromatic heterocycles. The molecule has 1 aromatic carbocycles. The van der Waals surface area contributed by atoms with Crippen molar-refractivity contribution < 1.29 is 14.3 Å². The van der Waals surface area contributed by atoms with Crippen molar-refractivity contribution in [1.29, 1.82) is 0 Å². The molecule has 0 spiro atoms. The number of nitrogens with zero attached hydrogens (tertiary/aromatic N) is 2. The van der Waals surface area contributed by atoms with Gasteiger partial charge >= 0.3 is 5.97 Å². The van der Waals surface area contributed by atoms with Gasteiger partial charge in [-0.2, -0.15) is 0 Å². The van der Waals surface area contributed by atoms with Crippen LogP contribution in [0.2, 0.25) is 0 Å². The first kappa shape index (κ1) is 18.3. The molecule has 0 radical (unpaired) electrons. The highest BCUT2D eigenvalue weighted by Crippen LogP contribution is 2.33. The number of benzene rings is 1. The van der Waals surface area contributed by atoms with E-state index in [-0.39, 0.29) is 12.5 Å². The third kappa shape index (κ3) is 3.44. The van der Waals surface area contributed by atoms with Gasteiger partial charge < -0.3 is 15.0 Å². The van der Waals surface area contributed by atoms with Crippen molar-refractivity contribution in [3.63, 3.8) is 0 Å². The number of ether oxygens (including phenoxy) is 1. The van der Waals surface area contributed by atoms with Crippen LogP contribution < -0.4 is 5.32 Å². The van der Waals surface area contributed by atoms with E-state index in [0.29, 0.717) is 33.6 Å². The Balaban J connectivity index is 2.16. The molecule has 2 heterocycles. The lowest BCUT2D eigenvalue weighted by Crippen LogP contribution is -2.13. The molecule has 0 aliphatic heterocycles. The summed E-state index contributed by atoms with van der Waals surface area (Å²) in [6.07, 6.45) is 3.00. The lowest BCUT2D eigenvalue weighted by Gasteiger charge is -2.13. The van der Waals surface area contributed by atoms with Gasteiger partial charge in [0.25, 0.3) is 5.91 Å². The fourth-order valence-electron chi connectivity index (χ4n) is 2.79. The monoisotopic (exact) mass is 364 g/mol. The molecule has 0 aliphatic rings. The van der Waals surface area contributed by atoms with Gasteiger partial charge in [-0.1, -0.05) is 18.7 Å². The number of aromatic nitrogens is 3. The number of fused-ring (bicyclic) bond motifs is 1. The number of aromatic amines is 1. The number of H-pyrrole nitrogens is 1. The van der Waals surface area contributed by atoms with Gasteiger partial charge in [-0.05, 0) is 32.4 Å². The van der Waals surface area contributed by atoms with Crippen LogP contribution in [0.5, 0.6) is 0 Å². The van der Waals surface area contributed by atoms with Crippen LogP contribution in [-0.2, 0) is 9.53 Å². The summed E-state index contributed by atoms with van der Waals surface area (Å²) in [5, 5.41) is 3.42. The molecule has 2 N–H and O–H groups in total. The van der Waals surface area contributed by atoms with Crippen molar-refractivity contribution in [1.82, 2.24) is 15.0 Å². The van der Waals surface area contributed by atoms with E-state index in [4.69, 9.17) is 4.74 Å². The SMILES string of the molecule is C=C(C)C(=O)Nc1cccc(-c2ncnc3[nH]cc(C(=O)OCC)c23)c1C. The van der Waals surface area contributed by atoms with Crippen molar-refractivity contribution in [2.45, 2.75) is 20.8 Å². The van der Waals surface area contributed by atoms with E-state index in [0.717, 1.165) is 11.1 Å². The van der Waals surface area contributed by atoms with E-state index < -0.39 is 5.97 Å². The van der Waals surface area contributed by atoms with Crippen molar-refractivity contribution in [3.8, 4) is 11.3 Å². The minimum absolute atomic E-state index is 0.253. The molecule has 0 saturated carbocycles. The number of amides is 1. The topological polar surface area (TPSA) is 97.0 Å². The molecule has 7 nitrogen and oxygen atoms in total. The van der Waals surface area contributed by atoms with Gasteiger partial charge in [0.2, 0.25) is 0 Å². The Morgan fingerprint density at radius 3 is 2.78 bits per heavy atom. The summed E-state index contributed by atoms with van der Waals surface area (Å²) >= 11 is 0. The lowest BCUT2D eigenvalue weighted by atomic mass is 10.00. The molecule has 3 rings (SSSR count). The number of rotatable bonds is 5. The average Bonchev–Trinajstić information content (AvgIpc) is 3.08. The van der Waals surface area contributed by atoms with Crippen LogP contribution >= 0.6 is 0 Å². The molecule has 0 fully saturated rings. The molecule has 1 amide bonds. The first-order valence-corrected chi connectivity index (χ1v) is 8.50. The Bertz CT molecular complexity index is 1050. The van der Waals surface area contributed by atoms with Crippen molar-refractivity contribution >= 4 is 28.6 Å². The minimum atomic E-state index is -0.441. The Morgan fingerprint density at radius 2 is 2.07 bits per heavy atom. The Morgan fingerprint density at radius 1 is 1.30 bits per heavy atom. The number of carbonyl (C=O) groups excluding carboxylic acids is 2. The molecule has 3 aromatic rings. The van der Waals surface area contributed by atoms with E-state index in [1.807, 2.05) is 19.1 Å². The molecule has 0 saturated heterocycles. The second kappa shape index (κ2) is 7.41. The van der Waals surface area contributed by atoms with Crippen LogP contribution in [0.4, 0.5) is 5.69 Å². The zero-order chi connectivity index (χ0) is 19.6. The summed E-state index contributed by atoms with van der Waals surface area (Å²) in [5.41, 5.74) is 4.18. The average molecular weight is 364 g/mol. The van der Waals surface area contributed by atoms with Gasteiger partial charge in [-0.15, -0.1) is 0 Å². The van der Waals surface area contributed by atoms with E-state index in [1.165, 1.54) is 6.33 Å². The van der Waals surface area contributed by atoms with E-state index in [2.05, 4.69) is 26.8 Å². The largest absolute Gasteiger partial charge is 0.462 e. The molecule has 0 bridgehead atoms. The van der Waals surface area contributed by atoms with Crippen LogP contribution in [0.25, 0.3) is 22.3 Å².